The first-order valence-electron chi connectivity index (χ1n) is 8.44. The van der Waals surface area contributed by atoms with E-state index in [0.29, 0.717) is 17.3 Å². The van der Waals surface area contributed by atoms with Crippen molar-refractivity contribution in [1.82, 2.24) is 9.55 Å². The van der Waals surface area contributed by atoms with Crippen LogP contribution >= 0.6 is 11.8 Å². The first-order chi connectivity index (χ1) is 12.5. The Kier molecular flexibility index (Phi) is 5.57. The smallest absolute Gasteiger partial charge is 0.257 e. The van der Waals surface area contributed by atoms with Gasteiger partial charge in [0.25, 0.3) is 5.56 Å². The molecule has 0 saturated heterocycles. The summed E-state index contributed by atoms with van der Waals surface area (Å²) in [6.07, 6.45) is 0.584. The van der Waals surface area contributed by atoms with E-state index in [1.165, 1.54) is 29.5 Å². The second-order valence-electron chi connectivity index (χ2n) is 6.34. The number of benzene rings is 2. The van der Waals surface area contributed by atoms with Crippen LogP contribution in [0.15, 0.2) is 58.5 Å². The van der Waals surface area contributed by atoms with E-state index < -0.39 is 0 Å². The minimum absolute atomic E-state index is 0.0117. The minimum atomic E-state index is -0.249. The van der Waals surface area contributed by atoms with Crippen molar-refractivity contribution >= 4 is 11.8 Å². The largest absolute Gasteiger partial charge is 0.291 e. The van der Waals surface area contributed by atoms with Crippen LogP contribution in [0.5, 0.6) is 0 Å². The van der Waals surface area contributed by atoms with Gasteiger partial charge in [-0.25, -0.2) is 9.37 Å². The molecule has 0 unspecified atom stereocenters. The lowest BCUT2D eigenvalue weighted by Crippen LogP contribution is -2.26. The average Bonchev–Trinajstić information content (AvgIpc) is 2.63. The van der Waals surface area contributed by atoms with Gasteiger partial charge >= 0.3 is 0 Å². The van der Waals surface area contributed by atoms with Crippen LogP contribution in [0.1, 0.15) is 27.9 Å². The number of hydrogen-bond donors (Lipinski definition) is 0. The summed E-state index contributed by atoms with van der Waals surface area (Å²) < 4.78 is 14.6. The van der Waals surface area contributed by atoms with E-state index in [2.05, 4.69) is 18.0 Å². The van der Waals surface area contributed by atoms with E-state index in [9.17, 15) is 9.18 Å². The molecule has 0 fully saturated rings. The van der Waals surface area contributed by atoms with Gasteiger partial charge in [0.2, 0.25) is 0 Å². The van der Waals surface area contributed by atoms with Gasteiger partial charge in [-0.3, -0.25) is 9.36 Å². The average molecular weight is 368 g/mol. The van der Waals surface area contributed by atoms with Gasteiger partial charge in [0.05, 0.1) is 0 Å². The summed E-state index contributed by atoms with van der Waals surface area (Å²) in [6, 6.07) is 14.5. The van der Waals surface area contributed by atoms with Gasteiger partial charge in [-0.15, -0.1) is 0 Å². The molecule has 26 heavy (non-hydrogen) atoms. The topological polar surface area (TPSA) is 34.9 Å². The molecule has 0 aliphatic rings. The standard InChI is InChI=1S/C21H21FN2OS/c1-14-6-4-5-7-17(14)12-19-15(2)23-21(24(3)20(19)25)26-13-16-8-10-18(22)11-9-16/h4-11H,12-13H2,1-3H3. The molecule has 0 aliphatic heterocycles. The molecule has 0 bridgehead atoms. The number of aromatic nitrogens is 2. The molecule has 3 aromatic rings. The van der Waals surface area contributed by atoms with Gasteiger partial charge in [0.15, 0.2) is 5.16 Å². The third-order valence-corrected chi connectivity index (χ3v) is 5.56. The molecule has 5 heteroatoms. The van der Waals surface area contributed by atoms with Crippen molar-refractivity contribution in [1.29, 1.82) is 0 Å². The normalized spacial score (nSPS) is 10.9. The highest BCUT2D eigenvalue weighted by atomic mass is 32.2. The summed E-state index contributed by atoms with van der Waals surface area (Å²) in [7, 11) is 1.75. The van der Waals surface area contributed by atoms with Gasteiger partial charge in [0.1, 0.15) is 5.82 Å². The third-order valence-electron chi connectivity index (χ3n) is 4.46. The number of hydrogen-bond acceptors (Lipinski definition) is 3. The maximum absolute atomic E-state index is 13.0. The van der Waals surface area contributed by atoms with E-state index in [4.69, 9.17) is 0 Å². The number of halogens is 1. The Hall–Kier alpha value is -2.40. The maximum Gasteiger partial charge on any atom is 0.257 e. The molecule has 1 aromatic heterocycles. The Labute approximate surface area is 156 Å². The van der Waals surface area contributed by atoms with Crippen LogP contribution in [-0.2, 0) is 19.2 Å². The first-order valence-corrected chi connectivity index (χ1v) is 9.42. The zero-order valence-corrected chi connectivity index (χ0v) is 15.9. The Morgan fingerprint density at radius 2 is 1.77 bits per heavy atom. The molecule has 2 aromatic carbocycles. The van der Waals surface area contributed by atoms with Crippen molar-refractivity contribution in [3.05, 3.63) is 92.6 Å². The summed E-state index contributed by atoms with van der Waals surface area (Å²) in [4.78, 5) is 17.5. The number of rotatable bonds is 5. The van der Waals surface area contributed by atoms with Crippen molar-refractivity contribution < 1.29 is 4.39 Å². The number of nitrogens with zero attached hydrogens (tertiary/aromatic N) is 2. The molecule has 0 N–H and O–H groups in total. The minimum Gasteiger partial charge on any atom is -0.291 e. The Morgan fingerprint density at radius 1 is 1.08 bits per heavy atom. The Morgan fingerprint density at radius 3 is 2.46 bits per heavy atom. The van der Waals surface area contributed by atoms with Crippen LogP contribution in [-0.4, -0.2) is 9.55 Å². The maximum atomic E-state index is 13.0. The molecule has 0 spiro atoms. The Bertz CT molecular complexity index is 980. The molecule has 1 heterocycles. The first kappa shape index (κ1) is 18.4. The fraction of sp³-hybridized carbons (Fsp3) is 0.238. The fourth-order valence-electron chi connectivity index (χ4n) is 2.79. The van der Waals surface area contributed by atoms with E-state index >= 15 is 0 Å². The highest BCUT2D eigenvalue weighted by molar-refractivity contribution is 7.98. The summed E-state index contributed by atoms with van der Waals surface area (Å²) in [5.41, 5.74) is 4.78. The SMILES string of the molecule is Cc1ccccc1Cc1c(C)nc(SCc2ccc(F)cc2)n(C)c1=O. The summed E-state index contributed by atoms with van der Waals surface area (Å²) in [5, 5.41) is 0.672. The molecular weight excluding hydrogens is 347 g/mol. The van der Waals surface area contributed by atoms with Crippen LogP contribution in [0.2, 0.25) is 0 Å². The van der Waals surface area contributed by atoms with Crippen molar-refractivity contribution in [3.8, 4) is 0 Å². The molecule has 0 aliphatic carbocycles. The fourth-order valence-corrected chi connectivity index (χ4v) is 3.76. The zero-order chi connectivity index (χ0) is 18.7. The lowest BCUT2D eigenvalue weighted by atomic mass is 10.0. The molecule has 3 rings (SSSR count). The second kappa shape index (κ2) is 7.87. The lowest BCUT2D eigenvalue weighted by molar-refractivity contribution is 0.627. The van der Waals surface area contributed by atoms with Crippen LogP contribution in [0.4, 0.5) is 4.39 Å². The van der Waals surface area contributed by atoms with E-state index in [1.807, 2.05) is 25.1 Å². The van der Waals surface area contributed by atoms with Crippen LogP contribution in [0.25, 0.3) is 0 Å². The molecule has 0 radical (unpaired) electrons. The van der Waals surface area contributed by atoms with Crippen molar-refractivity contribution in [3.63, 3.8) is 0 Å². The number of aryl methyl sites for hydroxylation is 2. The van der Waals surface area contributed by atoms with Crippen molar-refractivity contribution in [2.75, 3.05) is 0 Å². The molecule has 3 nitrogen and oxygen atoms in total. The zero-order valence-electron chi connectivity index (χ0n) is 15.1. The Balaban J connectivity index is 1.84. The highest BCUT2D eigenvalue weighted by Gasteiger charge is 2.14. The summed E-state index contributed by atoms with van der Waals surface area (Å²) in [6.45, 7) is 3.94. The summed E-state index contributed by atoms with van der Waals surface area (Å²) >= 11 is 1.48. The van der Waals surface area contributed by atoms with Gasteiger partial charge in [-0.05, 0) is 42.7 Å². The van der Waals surface area contributed by atoms with Crippen molar-refractivity contribution in [2.24, 2.45) is 7.05 Å². The molecule has 0 saturated carbocycles. The molecular formula is C21H21FN2OS. The van der Waals surface area contributed by atoms with E-state index in [1.54, 1.807) is 23.7 Å². The van der Waals surface area contributed by atoms with E-state index in [0.717, 1.165) is 22.4 Å². The van der Waals surface area contributed by atoms with Gasteiger partial charge in [-0.2, -0.15) is 0 Å². The van der Waals surface area contributed by atoms with E-state index in [-0.39, 0.29) is 11.4 Å². The van der Waals surface area contributed by atoms with Gasteiger partial charge in [-0.1, -0.05) is 48.2 Å². The molecule has 134 valence electrons. The second-order valence-corrected chi connectivity index (χ2v) is 7.28. The lowest BCUT2D eigenvalue weighted by Gasteiger charge is -2.13. The summed E-state index contributed by atoms with van der Waals surface area (Å²) in [5.74, 6) is 0.387. The molecule has 0 atom stereocenters. The highest BCUT2D eigenvalue weighted by Crippen LogP contribution is 2.21. The monoisotopic (exact) mass is 368 g/mol. The third kappa shape index (κ3) is 4.05. The quantitative estimate of drug-likeness (QED) is 0.494. The predicted octanol–water partition coefficient (Wildman–Crippen LogP) is 4.42. The van der Waals surface area contributed by atoms with Crippen LogP contribution in [0.3, 0.4) is 0 Å². The van der Waals surface area contributed by atoms with Crippen LogP contribution in [0, 0.1) is 19.7 Å². The van der Waals surface area contributed by atoms with Gasteiger partial charge in [0, 0.05) is 30.5 Å². The molecule has 0 amide bonds. The number of thioether (sulfide) groups is 1. The van der Waals surface area contributed by atoms with Crippen LogP contribution < -0.4 is 5.56 Å². The van der Waals surface area contributed by atoms with Crippen molar-refractivity contribution in [2.45, 2.75) is 31.2 Å². The predicted molar refractivity (Wildman–Crippen MR) is 104 cm³/mol. The van der Waals surface area contributed by atoms with Gasteiger partial charge < -0.3 is 0 Å².